The number of ether oxygens (including phenoxy) is 2. The Morgan fingerprint density at radius 3 is 2.13 bits per heavy atom. The number of carbonyl (C=O) groups excluding carboxylic acids is 4. The fourth-order valence-corrected chi connectivity index (χ4v) is 8.26. The molecule has 3 aliphatic rings. The Labute approximate surface area is 266 Å². The van der Waals surface area contributed by atoms with Crippen LogP contribution in [0.15, 0.2) is 103 Å². The maximum atomic E-state index is 15.3. The molecule has 2 aliphatic heterocycles. The monoisotopic (exact) mass is 616 g/mol. The first-order chi connectivity index (χ1) is 22.2. The predicted molar refractivity (Wildman–Crippen MR) is 169 cm³/mol. The Kier molecular flexibility index (Phi) is 6.65. The number of benzene rings is 4. The van der Waals surface area contributed by atoms with Crippen molar-refractivity contribution in [2.24, 2.45) is 5.92 Å². The summed E-state index contributed by atoms with van der Waals surface area (Å²) in [7, 11) is 2.70. The summed E-state index contributed by atoms with van der Waals surface area (Å²) in [4.78, 5) is 60.6. The second-order valence-electron chi connectivity index (χ2n) is 12.1. The highest BCUT2D eigenvalue weighted by Crippen LogP contribution is 2.71. The van der Waals surface area contributed by atoms with Crippen molar-refractivity contribution in [3.05, 3.63) is 125 Å². The van der Waals surface area contributed by atoms with Crippen molar-refractivity contribution in [1.82, 2.24) is 0 Å². The Morgan fingerprint density at radius 1 is 0.826 bits per heavy atom. The lowest BCUT2D eigenvalue weighted by atomic mass is 9.60. The first kappa shape index (κ1) is 29.4. The maximum absolute atomic E-state index is 15.3. The summed E-state index contributed by atoms with van der Waals surface area (Å²) in [6.45, 7) is 1.44. The van der Waals surface area contributed by atoms with Crippen LogP contribution in [-0.4, -0.2) is 43.0 Å². The topological polar surface area (TPSA) is 113 Å². The van der Waals surface area contributed by atoms with E-state index in [1.54, 1.807) is 77.7 Å². The molecule has 9 heteroatoms. The fraction of sp³-hybridized carbons (Fsp3) is 0.243. The number of hydrogen-bond acceptors (Lipinski definition) is 7. The van der Waals surface area contributed by atoms with Crippen LogP contribution in [0.3, 0.4) is 0 Å². The van der Waals surface area contributed by atoms with Crippen LogP contribution < -0.4 is 14.5 Å². The van der Waals surface area contributed by atoms with Gasteiger partial charge in [-0.15, -0.1) is 0 Å². The Hall–Kier alpha value is -5.28. The number of esters is 1. The highest BCUT2D eigenvalue weighted by molar-refractivity contribution is 6.25. The molecule has 2 spiro atoms. The normalized spacial score (nSPS) is 26.0. The minimum absolute atomic E-state index is 0.176. The van der Waals surface area contributed by atoms with Gasteiger partial charge in [-0.05, 0) is 46.5 Å². The third kappa shape index (κ3) is 3.60. The van der Waals surface area contributed by atoms with Crippen LogP contribution in [0.1, 0.15) is 35.6 Å². The van der Waals surface area contributed by atoms with Crippen molar-refractivity contribution in [2.45, 2.75) is 36.3 Å². The number of anilines is 2. The quantitative estimate of drug-likeness (QED) is 0.331. The number of aliphatic hydroxyl groups is 1. The molecule has 7 rings (SSSR count). The van der Waals surface area contributed by atoms with E-state index in [1.807, 2.05) is 30.3 Å². The highest BCUT2D eigenvalue weighted by atomic mass is 16.5. The molecule has 1 saturated carbocycles. The summed E-state index contributed by atoms with van der Waals surface area (Å²) in [5.41, 5.74) is -3.42. The molecule has 1 aliphatic carbocycles. The Morgan fingerprint density at radius 2 is 1.48 bits per heavy atom. The van der Waals surface area contributed by atoms with Crippen LogP contribution in [0, 0.1) is 5.92 Å². The molecule has 0 radical (unpaired) electrons. The number of imide groups is 1. The lowest BCUT2D eigenvalue weighted by Crippen LogP contribution is -2.59. The zero-order chi connectivity index (χ0) is 32.4. The molecular formula is C37H32N2O7. The standard InChI is InChI=1S/C37H32N2O7/c1-23(40)39-30-17-11-10-16-27(30)37(34(39)43)31(32(41)46-3)35(22-36(37,44)25-14-8-5-9-15-25)28-20-26(45-2)18-19-29(28)38(33(35)42)21-24-12-6-4-7-13-24/h4-20,31,44H,21-22H2,1-3H3/t31-,35-,36+,37+/m1/s1. The van der Waals surface area contributed by atoms with Crippen LogP contribution in [-0.2, 0) is 46.9 Å². The van der Waals surface area contributed by atoms with Gasteiger partial charge in [-0.3, -0.25) is 19.2 Å². The summed E-state index contributed by atoms with van der Waals surface area (Å²) in [6, 6.07) is 29.8. The third-order valence-electron chi connectivity index (χ3n) is 10.0. The molecule has 232 valence electrons. The number of amides is 3. The number of para-hydroxylation sites is 1. The summed E-state index contributed by atoms with van der Waals surface area (Å²) in [6.07, 6.45) is -0.347. The van der Waals surface area contributed by atoms with Crippen LogP contribution in [0.4, 0.5) is 11.4 Å². The molecule has 0 aromatic heterocycles. The van der Waals surface area contributed by atoms with Gasteiger partial charge in [-0.2, -0.15) is 0 Å². The minimum Gasteiger partial charge on any atom is -0.497 e. The molecule has 0 unspecified atom stereocenters. The van der Waals surface area contributed by atoms with Crippen molar-refractivity contribution in [1.29, 1.82) is 0 Å². The van der Waals surface area contributed by atoms with E-state index in [-0.39, 0.29) is 24.2 Å². The smallest absolute Gasteiger partial charge is 0.311 e. The summed E-state index contributed by atoms with van der Waals surface area (Å²) < 4.78 is 11.1. The minimum atomic E-state index is -2.15. The molecule has 4 aromatic carbocycles. The number of rotatable bonds is 5. The second kappa shape index (κ2) is 10.4. The fourth-order valence-electron chi connectivity index (χ4n) is 8.26. The molecule has 4 atom stereocenters. The van der Waals surface area contributed by atoms with Gasteiger partial charge in [-0.1, -0.05) is 78.9 Å². The zero-order valence-corrected chi connectivity index (χ0v) is 25.6. The Bertz CT molecular complexity index is 1910. The molecule has 3 amide bonds. The van der Waals surface area contributed by atoms with Gasteiger partial charge in [0, 0.05) is 19.0 Å². The van der Waals surface area contributed by atoms with E-state index in [0.717, 1.165) is 10.5 Å². The number of hydrogen-bond donors (Lipinski definition) is 1. The number of methoxy groups -OCH3 is 2. The number of carbonyl (C=O) groups is 4. The van der Waals surface area contributed by atoms with Crippen LogP contribution >= 0.6 is 0 Å². The molecule has 0 saturated heterocycles. The van der Waals surface area contributed by atoms with E-state index < -0.39 is 46.0 Å². The van der Waals surface area contributed by atoms with Gasteiger partial charge in [0.1, 0.15) is 16.8 Å². The summed E-state index contributed by atoms with van der Waals surface area (Å²) in [5, 5.41) is 13.3. The lowest BCUT2D eigenvalue weighted by Gasteiger charge is -2.41. The first-order valence-corrected chi connectivity index (χ1v) is 15.0. The average molecular weight is 617 g/mol. The molecule has 46 heavy (non-hydrogen) atoms. The molecule has 1 fully saturated rings. The van der Waals surface area contributed by atoms with Gasteiger partial charge in [0.05, 0.1) is 37.8 Å². The first-order valence-electron chi connectivity index (χ1n) is 15.0. The van der Waals surface area contributed by atoms with E-state index in [4.69, 9.17) is 9.47 Å². The summed E-state index contributed by atoms with van der Waals surface area (Å²) >= 11 is 0. The molecule has 2 heterocycles. The van der Waals surface area contributed by atoms with E-state index in [9.17, 15) is 14.7 Å². The molecule has 9 nitrogen and oxygen atoms in total. The average Bonchev–Trinajstić information content (AvgIpc) is 3.59. The van der Waals surface area contributed by atoms with Crippen molar-refractivity contribution in [3.63, 3.8) is 0 Å². The van der Waals surface area contributed by atoms with Gasteiger partial charge >= 0.3 is 5.97 Å². The molecule has 0 bridgehead atoms. The Balaban J connectivity index is 1.60. The van der Waals surface area contributed by atoms with Crippen LogP contribution in [0.25, 0.3) is 0 Å². The van der Waals surface area contributed by atoms with Crippen molar-refractivity contribution >= 4 is 35.1 Å². The predicted octanol–water partition coefficient (Wildman–Crippen LogP) is 4.39. The van der Waals surface area contributed by atoms with Crippen LogP contribution in [0.2, 0.25) is 0 Å². The van der Waals surface area contributed by atoms with Crippen molar-refractivity contribution in [3.8, 4) is 5.75 Å². The maximum Gasteiger partial charge on any atom is 0.311 e. The number of nitrogens with zero attached hydrogens (tertiary/aromatic N) is 2. The van der Waals surface area contributed by atoms with Crippen molar-refractivity contribution in [2.75, 3.05) is 24.0 Å². The van der Waals surface area contributed by atoms with Crippen LogP contribution in [0.5, 0.6) is 5.75 Å². The SMILES string of the molecule is COC(=O)[C@H]1[C@@]2(C(=O)N(C(C)=O)c3ccccc32)[C@@](O)(c2ccccc2)C[C@]12C(=O)N(Cc1ccccc1)c1ccc(OC)cc12. The van der Waals surface area contributed by atoms with E-state index in [2.05, 4.69) is 0 Å². The third-order valence-corrected chi connectivity index (χ3v) is 10.0. The van der Waals surface area contributed by atoms with E-state index in [0.29, 0.717) is 22.6 Å². The molecular weight excluding hydrogens is 584 g/mol. The van der Waals surface area contributed by atoms with Gasteiger partial charge < -0.3 is 19.5 Å². The summed E-state index contributed by atoms with van der Waals surface area (Å²) in [5.74, 6) is -3.84. The zero-order valence-electron chi connectivity index (χ0n) is 25.6. The van der Waals surface area contributed by atoms with Gasteiger partial charge in [0.15, 0.2) is 0 Å². The van der Waals surface area contributed by atoms with Gasteiger partial charge in [-0.25, -0.2) is 4.90 Å². The van der Waals surface area contributed by atoms with Crippen molar-refractivity contribution < 1.29 is 33.8 Å². The molecule has 4 aromatic rings. The largest absolute Gasteiger partial charge is 0.497 e. The van der Waals surface area contributed by atoms with Gasteiger partial charge in [0.25, 0.3) is 0 Å². The van der Waals surface area contributed by atoms with E-state index in [1.165, 1.54) is 21.1 Å². The second-order valence-corrected chi connectivity index (χ2v) is 12.1. The number of fused-ring (bicyclic) bond motifs is 4. The van der Waals surface area contributed by atoms with Gasteiger partial charge in [0.2, 0.25) is 17.7 Å². The lowest BCUT2D eigenvalue weighted by molar-refractivity contribution is -0.158. The highest BCUT2D eigenvalue weighted by Gasteiger charge is 2.83. The molecule has 1 N–H and O–H groups in total. The van der Waals surface area contributed by atoms with E-state index >= 15 is 9.59 Å².